The maximum atomic E-state index is 11.5. The Labute approximate surface area is 64.2 Å². The number of nitrogens with zero attached hydrogens (tertiary/aromatic N) is 1. The predicted octanol–water partition coefficient (Wildman–Crippen LogP) is 1.90. The monoisotopic (exact) mass is 163 g/mol. The molecular weight excluding hydrogens is 146 g/mol. The third-order valence-electron chi connectivity index (χ3n) is 1.29. The van der Waals surface area contributed by atoms with Crippen LogP contribution in [0, 0.1) is 0 Å². The standard InChI is InChI=1S/C7H17NOS/c1-6(2)8-10(5,9)7(3)4/h6-7H,1-5H3. The molecule has 1 unspecified atom stereocenters. The molecule has 0 rings (SSSR count). The first-order valence-corrected chi connectivity index (χ1v) is 5.55. The van der Waals surface area contributed by atoms with Crippen LogP contribution in [0.2, 0.25) is 0 Å². The van der Waals surface area contributed by atoms with Crippen molar-refractivity contribution >= 4 is 9.73 Å². The molecule has 1 atom stereocenters. The summed E-state index contributed by atoms with van der Waals surface area (Å²) in [6.45, 7) is 7.78. The van der Waals surface area contributed by atoms with E-state index in [9.17, 15) is 4.21 Å². The second kappa shape index (κ2) is 3.37. The zero-order chi connectivity index (χ0) is 8.36. The first kappa shape index (κ1) is 9.95. The van der Waals surface area contributed by atoms with Gasteiger partial charge in [-0.2, -0.15) is 0 Å². The molecule has 0 saturated carbocycles. The van der Waals surface area contributed by atoms with E-state index in [1.807, 2.05) is 27.7 Å². The van der Waals surface area contributed by atoms with Gasteiger partial charge in [-0.15, -0.1) is 0 Å². The Balaban J connectivity index is 4.56. The smallest absolute Gasteiger partial charge is 0.0537 e. The summed E-state index contributed by atoms with van der Waals surface area (Å²) in [4.78, 5) is 0. The van der Waals surface area contributed by atoms with Crippen LogP contribution in [0.4, 0.5) is 0 Å². The van der Waals surface area contributed by atoms with E-state index in [0.717, 1.165) is 0 Å². The molecule has 0 heterocycles. The van der Waals surface area contributed by atoms with Gasteiger partial charge < -0.3 is 0 Å². The second-order valence-corrected chi connectivity index (χ2v) is 5.98. The van der Waals surface area contributed by atoms with Gasteiger partial charge in [0.1, 0.15) is 0 Å². The highest BCUT2D eigenvalue weighted by atomic mass is 32.2. The Morgan fingerprint density at radius 2 is 1.60 bits per heavy atom. The third kappa shape index (κ3) is 3.20. The van der Waals surface area contributed by atoms with E-state index < -0.39 is 9.73 Å². The van der Waals surface area contributed by atoms with Crippen LogP contribution >= 0.6 is 0 Å². The van der Waals surface area contributed by atoms with E-state index in [1.54, 1.807) is 6.26 Å². The van der Waals surface area contributed by atoms with Gasteiger partial charge in [0.05, 0.1) is 6.04 Å². The predicted molar refractivity (Wildman–Crippen MR) is 46.8 cm³/mol. The van der Waals surface area contributed by atoms with Gasteiger partial charge in [-0.1, -0.05) is 13.8 Å². The maximum absolute atomic E-state index is 11.5. The molecule has 0 aliphatic rings. The molecule has 0 amide bonds. The van der Waals surface area contributed by atoms with Gasteiger partial charge in [0.25, 0.3) is 0 Å². The Hall–Kier alpha value is -0.0500. The van der Waals surface area contributed by atoms with Crippen LogP contribution in [0.15, 0.2) is 4.36 Å². The van der Waals surface area contributed by atoms with Gasteiger partial charge in [-0.25, -0.2) is 8.57 Å². The van der Waals surface area contributed by atoms with Crippen molar-refractivity contribution in [2.24, 2.45) is 4.36 Å². The quantitative estimate of drug-likeness (QED) is 0.611. The number of rotatable bonds is 2. The van der Waals surface area contributed by atoms with Gasteiger partial charge in [0, 0.05) is 21.2 Å². The summed E-state index contributed by atoms with van der Waals surface area (Å²) in [5, 5.41) is 0.162. The first-order valence-electron chi connectivity index (χ1n) is 3.56. The van der Waals surface area contributed by atoms with E-state index in [-0.39, 0.29) is 11.3 Å². The summed E-state index contributed by atoms with van der Waals surface area (Å²) >= 11 is 0. The molecule has 0 radical (unpaired) electrons. The van der Waals surface area contributed by atoms with E-state index in [1.165, 1.54) is 0 Å². The van der Waals surface area contributed by atoms with E-state index in [2.05, 4.69) is 4.36 Å². The molecule has 0 aromatic rings. The molecule has 0 aromatic carbocycles. The lowest BCUT2D eigenvalue weighted by molar-refractivity contribution is 0.667. The molecule has 0 saturated heterocycles. The summed E-state index contributed by atoms with van der Waals surface area (Å²) in [5.74, 6) is 0. The van der Waals surface area contributed by atoms with Crippen LogP contribution in [0.3, 0.4) is 0 Å². The minimum absolute atomic E-state index is 0.162. The molecule has 2 nitrogen and oxygen atoms in total. The second-order valence-electron chi connectivity index (χ2n) is 3.11. The van der Waals surface area contributed by atoms with Gasteiger partial charge in [-0.05, 0) is 13.8 Å². The van der Waals surface area contributed by atoms with Gasteiger partial charge in [0.15, 0.2) is 0 Å². The van der Waals surface area contributed by atoms with Crippen LogP contribution in [-0.4, -0.2) is 21.8 Å². The maximum Gasteiger partial charge on any atom is 0.0537 e. The summed E-state index contributed by atoms with van der Waals surface area (Å²) in [5.41, 5.74) is 0. The lowest BCUT2D eigenvalue weighted by Gasteiger charge is -2.08. The fourth-order valence-electron chi connectivity index (χ4n) is 0.540. The summed E-state index contributed by atoms with van der Waals surface area (Å²) in [6.07, 6.45) is 1.72. The van der Waals surface area contributed by atoms with Crippen LogP contribution in [0.1, 0.15) is 27.7 Å². The van der Waals surface area contributed by atoms with Crippen molar-refractivity contribution in [3.05, 3.63) is 0 Å². The molecule has 0 aromatic heterocycles. The molecule has 0 spiro atoms. The molecule has 0 N–H and O–H groups in total. The zero-order valence-electron chi connectivity index (χ0n) is 7.42. The lowest BCUT2D eigenvalue weighted by Crippen LogP contribution is -2.13. The summed E-state index contributed by atoms with van der Waals surface area (Å²) in [6, 6.07) is 0.180. The molecule has 0 bridgehead atoms. The molecule has 10 heavy (non-hydrogen) atoms. The van der Waals surface area contributed by atoms with Gasteiger partial charge in [0.2, 0.25) is 0 Å². The van der Waals surface area contributed by atoms with Gasteiger partial charge in [-0.3, -0.25) is 0 Å². The minimum Gasteiger partial charge on any atom is -0.250 e. The van der Waals surface area contributed by atoms with Crippen LogP contribution in [0.25, 0.3) is 0 Å². The SMILES string of the molecule is CC(C)N=S(C)(=O)C(C)C. The molecule has 0 fully saturated rings. The van der Waals surface area contributed by atoms with E-state index >= 15 is 0 Å². The third-order valence-corrected chi connectivity index (χ3v) is 3.88. The summed E-state index contributed by atoms with van der Waals surface area (Å²) < 4.78 is 15.7. The Kier molecular flexibility index (Phi) is 3.36. The van der Waals surface area contributed by atoms with Crippen molar-refractivity contribution in [2.75, 3.05) is 6.26 Å². The highest BCUT2D eigenvalue weighted by Gasteiger charge is 2.06. The van der Waals surface area contributed by atoms with E-state index in [4.69, 9.17) is 0 Å². The van der Waals surface area contributed by atoms with Crippen molar-refractivity contribution < 1.29 is 4.21 Å². The van der Waals surface area contributed by atoms with Crippen LogP contribution in [-0.2, 0) is 9.73 Å². The summed E-state index contributed by atoms with van der Waals surface area (Å²) in [7, 11) is -1.92. The van der Waals surface area contributed by atoms with Crippen molar-refractivity contribution in [1.82, 2.24) is 0 Å². The fraction of sp³-hybridized carbons (Fsp3) is 1.00. The van der Waals surface area contributed by atoms with Crippen molar-refractivity contribution in [3.8, 4) is 0 Å². The van der Waals surface area contributed by atoms with Gasteiger partial charge >= 0.3 is 0 Å². The molecule has 0 aliphatic carbocycles. The molecule has 0 aliphatic heterocycles. The average Bonchev–Trinajstić information content (AvgIpc) is 1.60. The van der Waals surface area contributed by atoms with E-state index in [0.29, 0.717) is 0 Å². The van der Waals surface area contributed by atoms with Crippen molar-refractivity contribution in [1.29, 1.82) is 0 Å². The average molecular weight is 163 g/mol. The first-order chi connectivity index (χ1) is 4.36. The number of hydrogen-bond donors (Lipinski definition) is 0. The highest BCUT2D eigenvalue weighted by molar-refractivity contribution is 7.93. The Morgan fingerprint density at radius 1 is 1.20 bits per heavy atom. The zero-order valence-corrected chi connectivity index (χ0v) is 8.23. The lowest BCUT2D eigenvalue weighted by atomic mass is 10.4. The Morgan fingerprint density at radius 3 is 1.70 bits per heavy atom. The molecule has 62 valence electrons. The molecular formula is C7H17NOS. The minimum atomic E-state index is -1.92. The normalized spacial score (nSPS) is 17.5. The van der Waals surface area contributed by atoms with Crippen LogP contribution in [0.5, 0.6) is 0 Å². The highest BCUT2D eigenvalue weighted by Crippen LogP contribution is 2.03. The topological polar surface area (TPSA) is 29.4 Å². The van der Waals surface area contributed by atoms with Crippen LogP contribution < -0.4 is 0 Å². The number of hydrogen-bond acceptors (Lipinski definition) is 2. The van der Waals surface area contributed by atoms with Crippen molar-refractivity contribution in [2.45, 2.75) is 39.0 Å². The Bertz CT molecular complexity index is 200. The largest absolute Gasteiger partial charge is 0.250 e. The fourth-order valence-corrected chi connectivity index (χ4v) is 1.62. The van der Waals surface area contributed by atoms with Crippen molar-refractivity contribution in [3.63, 3.8) is 0 Å². The molecule has 3 heteroatoms.